The summed E-state index contributed by atoms with van der Waals surface area (Å²) in [4.78, 5) is 0.181. The van der Waals surface area contributed by atoms with Crippen LogP contribution in [0.4, 0.5) is 0 Å². The molecule has 0 aliphatic carbocycles. The van der Waals surface area contributed by atoms with Gasteiger partial charge in [0.15, 0.2) is 0 Å². The summed E-state index contributed by atoms with van der Waals surface area (Å²) in [5, 5.41) is 3.18. The Kier molecular flexibility index (Phi) is 6.40. The highest BCUT2D eigenvalue weighted by Crippen LogP contribution is 2.21. The fourth-order valence-corrected chi connectivity index (χ4v) is 3.68. The van der Waals surface area contributed by atoms with Crippen LogP contribution in [0.2, 0.25) is 0 Å². The molecule has 0 fully saturated rings. The van der Waals surface area contributed by atoms with Gasteiger partial charge in [0.05, 0.1) is 18.7 Å². The zero-order valence-corrected chi connectivity index (χ0v) is 14.3. The third-order valence-electron chi connectivity index (χ3n) is 2.85. The molecule has 1 heterocycles. The molecule has 0 atom stereocenters. The lowest BCUT2D eigenvalue weighted by molar-refractivity contribution is 0.141. The molecule has 0 unspecified atom stereocenters. The molecule has 0 aliphatic heterocycles. The Morgan fingerprint density at radius 1 is 1.38 bits per heavy atom. The molecular formula is C14H26N2O4S. The molecule has 6 nitrogen and oxygen atoms in total. The fourth-order valence-electron chi connectivity index (χ4n) is 2.08. The van der Waals surface area contributed by atoms with E-state index in [1.807, 2.05) is 0 Å². The van der Waals surface area contributed by atoms with Crippen molar-refractivity contribution in [3.05, 3.63) is 17.6 Å². The van der Waals surface area contributed by atoms with E-state index in [9.17, 15) is 8.42 Å². The maximum atomic E-state index is 12.4. The summed E-state index contributed by atoms with van der Waals surface area (Å²) in [6.45, 7) is 8.93. The van der Waals surface area contributed by atoms with E-state index in [2.05, 4.69) is 17.0 Å². The van der Waals surface area contributed by atoms with E-state index < -0.39 is 15.6 Å². The number of hydrogen-bond acceptors (Lipinski definition) is 5. The Morgan fingerprint density at radius 3 is 2.62 bits per heavy atom. The number of ether oxygens (including phenoxy) is 1. The van der Waals surface area contributed by atoms with E-state index >= 15 is 0 Å². The van der Waals surface area contributed by atoms with E-state index in [1.54, 1.807) is 26.8 Å². The first-order chi connectivity index (χ1) is 9.72. The van der Waals surface area contributed by atoms with Crippen molar-refractivity contribution in [1.82, 2.24) is 10.0 Å². The highest BCUT2D eigenvalue weighted by molar-refractivity contribution is 7.89. The van der Waals surface area contributed by atoms with E-state index in [0.29, 0.717) is 18.1 Å². The maximum Gasteiger partial charge on any atom is 0.244 e. The summed E-state index contributed by atoms with van der Waals surface area (Å²) in [5.41, 5.74) is -0.683. The van der Waals surface area contributed by atoms with Gasteiger partial charge in [-0.2, -0.15) is 0 Å². The molecule has 0 bridgehead atoms. The van der Waals surface area contributed by atoms with Crippen LogP contribution in [0.15, 0.2) is 15.4 Å². The summed E-state index contributed by atoms with van der Waals surface area (Å²) in [6, 6.07) is 1.57. The average Bonchev–Trinajstić information content (AvgIpc) is 2.70. The first kappa shape index (κ1) is 18.2. The van der Waals surface area contributed by atoms with Gasteiger partial charge in [0, 0.05) is 13.2 Å². The van der Waals surface area contributed by atoms with Crippen LogP contribution in [-0.2, 0) is 21.3 Å². The van der Waals surface area contributed by atoms with Gasteiger partial charge in [-0.15, -0.1) is 0 Å². The molecule has 0 saturated heterocycles. The number of rotatable bonds is 9. The SMILES string of the molecule is CCCNCc1cc(S(=O)(=O)NC(C)(C)COC)c(C)o1. The van der Waals surface area contributed by atoms with Crippen LogP contribution in [-0.4, -0.2) is 34.2 Å². The van der Waals surface area contributed by atoms with Gasteiger partial charge in [0.25, 0.3) is 0 Å². The lowest BCUT2D eigenvalue weighted by atomic mass is 10.1. The fraction of sp³-hybridized carbons (Fsp3) is 0.714. The van der Waals surface area contributed by atoms with E-state index in [-0.39, 0.29) is 11.5 Å². The largest absolute Gasteiger partial charge is 0.464 e. The minimum Gasteiger partial charge on any atom is -0.464 e. The molecule has 0 radical (unpaired) electrons. The Labute approximate surface area is 127 Å². The summed E-state index contributed by atoms with van der Waals surface area (Å²) >= 11 is 0. The Bertz CT molecular complexity index is 549. The molecule has 2 N–H and O–H groups in total. The predicted molar refractivity (Wildman–Crippen MR) is 81.7 cm³/mol. The molecule has 0 amide bonds. The standard InChI is InChI=1S/C14H26N2O4S/c1-6-7-15-9-12-8-13(11(2)20-12)21(17,18)16-14(3,4)10-19-5/h8,15-16H,6-7,9-10H2,1-5H3. The van der Waals surface area contributed by atoms with Crippen molar-refractivity contribution in [2.75, 3.05) is 20.3 Å². The van der Waals surface area contributed by atoms with Gasteiger partial charge in [-0.05, 0) is 33.7 Å². The molecule has 0 aliphatic rings. The Morgan fingerprint density at radius 2 is 2.05 bits per heavy atom. The van der Waals surface area contributed by atoms with Crippen molar-refractivity contribution < 1.29 is 17.6 Å². The Hall–Kier alpha value is -0.890. The topological polar surface area (TPSA) is 80.6 Å². The number of sulfonamides is 1. The smallest absolute Gasteiger partial charge is 0.244 e. The first-order valence-corrected chi connectivity index (χ1v) is 8.53. The monoisotopic (exact) mass is 318 g/mol. The zero-order valence-electron chi connectivity index (χ0n) is 13.4. The molecule has 0 aromatic carbocycles. The van der Waals surface area contributed by atoms with Crippen LogP contribution in [0.5, 0.6) is 0 Å². The molecule has 0 spiro atoms. The highest BCUT2D eigenvalue weighted by Gasteiger charge is 2.29. The van der Waals surface area contributed by atoms with Crippen molar-refractivity contribution >= 4 is 10.0 Å². The second-order valence-corrected chi connectivity index (χ2v) is 7.38. The number of aryl methyl sites for hydroxylation is 1. The molecule has 1 aromatic heterocycles. The van der Waals surface area contributed by atoms with Gasteiger partial charge in [0.2, 0.25) is 10.0 Å². The lowest BCUT2D eigenvalue weighted by Gasteiger charge is -2.24. The first-order valence-electron chi connectivity index (χ1n) is 7.05. The quantitative estimate of drug-likeness (QED) is 0.679. The molecule has 122 valence electrons. The van der Waals surface area contributed by atoms with Crippen molar-refractivity contribution in [3.8, 4) is 0 Å². The summed E-state index contributed by atoms with van der Waals surface area (Å²) in [7, 11) is -2.09. The van der Waals surface area contributed by atoms with Crippen molar-refractivity contribution in [3.63, 3.8) is 0 Å². The lowest BCUT2D eigenvalue weighted by Crippen LogP contribution is -2.46. The highest BCUT2D eigenvalue weighted by atomic mass is 32.2. The molecular weight excluding hydrogens is 292 g/mol. The van der Waals surface area contributed by atoms with Gasteiger partial charge >= 0.3 is 0 Å². The minimum atomic E-state index is -3.63. The molecule has 7 heteroatoms. The van der Waals surface area contributed by atoms with Gasteiger partial charge in [-0.3, -0.25) is 0 Å². The number of methoxy groups -OCH3 is 1. The van der Waals surface area contributed by atoms with Crippen molar-refractivity contribution in [1.29, 1.82) is 0 Å². The van der Waals surface area contributed by atoms with Crippen LogP contribution in [0, 0.1) is 6.92 Å². The Balaban J connectivity index is 2.88. The van der Waals surface area contributed by atoms with Crippen LogP contribution >= 0.6 is 0 Å². The third kappa shape index (κ3) is 5.43. The maximum absolute atomic E-state index is 12.4. The molecule has 1 rings (SSSR count). The van der Waals surface area contributed by atoms with Crippen LogP contribution < -0.4 is 10.0 Å². The normalized spacial score (nSPS) is 12.8. The summed E-state index contributed by atoms with van der Waals surface area (Å²) in [5.74, 6) is 1.01. The second kappa shape index (κ2) is 7.40. The number of furan rings is 1. The number of nitrogens with one attached hydrogen (secondary N) is 2. The van der Waals surface area contributed by atoms with Crippen LogP contribution in [0.1, 0.15) is 38.7 Å². The van der Waals surface area contributed by atoms with Gasteiger partial charge in [0.1, 0.15) is 16.4 Å². The van der Waals surface area contributed by atoms with E-state index in [4.69, 9.17) is 9.15 Å². The molecule has 1 aromatic rings. The van der Waals surface area contributed by atoms with E-state index in [1.165, 1.54) is 7.11 Å². The number of hydrogen-bond donors (Lipinski definition) is 2. The van der Waals surface area contributed by atoms with Gasteiger partial charge in [-0.1, -0.05) is 6.92 Å². The molecule has 0 saturated carbocycles. The molecule has 21 heavy (non-hydrogen) atoms. The van der Waals surface area contributed by atoms with Crippen molar-refractivity contribution in [2.24, 2.45) is 0 Å². The van der Waals surface area contributed by atoms with Crippen molar-refractivity contribution in [2.45, 2.75) is 51.1 Å². The van der Waals surface area contributed by atoms with Gasteiger partial charge < -0.3 is 14.5 Å². The van der Waals surface area contributed by atoms with Crippen LogP contribution in [0.3, 0.4) is 0 Å². The third-order valence-corrected chi connectivity index (χ3v) is 4.66. The van der Waals surface area contributed by atoms with E-state index in [0.717, 1.165) is 13.0 Å². The summed E-state index contributed by atoms with van der Waals surface area (Å²) < 4.78 is 38.1. The van der Waals surface area contributed by atoms with Gasteiger partial charge in [-0.25, -0.2) is 13.1 Å². The predicted octanol–water partition coefficient (Wildman–Crippen LogP) is 1.79. The average molecular weight is 318 g/mol. The second-order valence-electron chi connectivity index (χ2n) is 5.73. The minimum absolute atomic E-state index is 0.181. The zero-order chi connectivity index (χ0) is 16.1. The van der Waals surface area contributed by atoms with Crippen LogP contribution in [0.25, 0.3) is 0 Å². The summed E-state index contributed by atoms with van der Waals surface area (Å²) in [6.07, 6.45) is 1.01.